The Morgan fingerprint density at radius 3 is 2.44 bits per heavy atom. The Bertz CT molecular complexity index is 94.2. The van der Waals surface area contributed by atoms with Crippen molar-refractivity contribution in [1.82, 2.24) is 5.32 Å². The standard InChI is InChI=1S/C5H11NO3/c1-2-6-4(3-7)5(8)9/h4,6-7H,2-3H2,1H3,(H,8,9)/t4-/m1/s1. The van der Waals surface area contributed by atoms with Crippen molar-refractivity contribution in [1.29, 1.82) is 0 Å². The van der Waals surface area contributed by atoms with E-state index in [1.165, 1.54) is 0 Å². The van der Waals surface area contributed by atoms with E-state index in [0.717, 1.165) is 0 Å². The van der Waals surface area contributed by atoms with Gasteiger partial charge in [-0.15, -0.1) is 0 Å². The van der Waals surface area contributed by atoms with Crippen LogP contribution in [0.2, 0.25) is 0 Å². The molecule has 0 aromatic heterocycles. The number of aliphatic carboxylic acids is 1. The van der Waals surface area contributed by atoms with Gasteiger partial charge in [-0.2, -0.15) is 0 Å². The first-order chi connectivity index (χ1) is 4.22. The molecule has 0 saturated carbocycles. The van der Waals surface area contributed by atoms with Crippen molar-refractivity contribution < 1.29 is 15.0 Å². The summed E-state index contributed by atoms with van der Waals surface area (Å²) in [6.45, 7) is 1.98. The van der Waals surface area contributed by atoms with Gasteiger partial charge in [-0.1, -0.05) is 6.92 Å². The molecule has 3 N–H and O–H groups in total. The molecule has 0 aliphatic heterocycles. The van der Waals surface area contributed by atoms with Crippen LogP contribution < -0.4 is 5.32 Å². The maximum absolute atomic E-state index is 10.1. The van der Waals surface area contributed by atoms with Crippen LogP contribution >= 0.6 is 0 Å². The topological polar surface area (TPSA) is 69.6 Å². The average Bonchev–Trinajstić information content (AvgIpc) is 1.82. The molecule has 0 aliphatic rings. The molecule has 1 atom stereocenters. The summed E-state index contributed by atoms with van der Waals surface area (Å²) >= 11 is 0. The van der Waals surface area contributed by atoms with Crippen LogP contribution in [0.25, 0.3) is 0 Å². The molecule has 4 nitrogen and oxygen atoms in total. The Morgan fingerprint density at radius 1 is 1.78 bits per heavy atom. The third-order valence-corrected chi connectivity index (χ3v) is 0.931. The van der Waals surface area contributed by atoms with Crippen molar-refractivity contribution in [3.8, 4) is 0 Å². The quantitative estimate of drug-likeness (QED) is 0.462. The van der Waals surface area contributed by atoms with Gasteiger partial charge >= 0.3 is 5.97 Å². The highest BCUT2D eigenvalue weighted by Crippen LogP contribution is 1.79. The highest BCUT2D eigenvalue weighted by Gasteiger charge is 2.12. The molecule has 54 valence electrons. The van der Waals surface area contributed by atoms with Gasteiger partial charge in [0, 0.05) is 0 Å². The first kappa shape index (κ1) is 8.39. The smallest absolute Gasteiger partial charge is 0.323 e. The number of aliphatic hydroxyl groups is 1. The summed E-state index contributed by atoms with van der Waals surface area (Å²) in [5.74, 6) is -1.01. The number of carbonyl (C=O) groups is 1. The van der Waals surface area contributed by atoms with Crippen LogP contribution in [-0.2, 0) is 4.79 Å². The maximum atomic E-state index is 10.1. The summed E-state index contributed by atoms with van der Waals surface area (Å²) in [6.07, 6.45) is 0. The molecule has 0 fully saturated rings. The lowest BCUT2D eigenvalue weighted by Gasteiger charge is -2.07. The van der Waals surface area contributed by atoms with Crippen LogP contribution in [0, 0.1) is 0 Å². The summed E-state index contributed by atoms with van der Waals surface area (Å²) in [6, 6.07) is -0.810. The fourth-order valence-corrected chi connectivity index (χ4v) is 0.476. The molecule has 0 amide bonds. The molecule has 4 heteroatoms. The fraction of sp³-hybridized carbons (Fsp3) is 0.800. The van der Waals surface area contributed by atoms with Crippen molar-refractivity contribution in [3.63, 3.8) is 0 Å². The largest absolute Gasteiger partial charge is 0.480 e. The first-order valence-corrected chi connectivity index (χ1v) is 2.79. The van der Waals surface area contributed by atoms with E-state index < -0.39 is 12.0 Å². The second kappa shape index (κ2) is 4.29. The number of hydrogen-bond acceptors (Lipinski definition) is 3. The number of rotatable bonds is 4. The Hall–Kier alpha value is -0.610. The van der Waals surface area contributed by atoms with Gasteiger partial charge in [0.2, 0.25) is 0 Å². The molecule has 9 heavy (non-hydrogen) atoms. The highest BCUT2D eigenvalue weighted by atomic mass is 16.4. The van der Waals surface area contributed by atoms with Crippen LogP contribution in [-0.4, -0.2) is 35.4 Å². The predicted octanol–water partition coefficient (Wildman–Crippen LogP) is -0.959. The molecule has 0 aromatic rings. The third-order valence-electron chi connectivity index (χ3n) is 0.931. The van der Waals surface area contributed by atoms with Crippen LogP contribution in [0.5, 0.6) is 0 Å². The number of nitrogens with one attached hydrogen (secondary N) is 1. The Balaban J connectivity index is 3.54. The van der Waals surface area contributed by atoms with Gasteiger partial charge in [-0.25, -0.2) is 0 Å². The van der Waals surface area contributed by atoms with Crippen molar-refractivity contribution in [2.24, 2.45) is 0 Å². The van der Waals surface area contributed by atoms with Crippen molar-refractivity contribution >= 4 is 5.97 Å². The summed E-state index contributed by atoms with van der Waals surface area (Å²) < 4.78 is 0. The second-order valence-corrected chi connectivity index (χ2v) is 1.63. The van der Waals surface area contributed by atoms with Crippen LogP contribution in [0.4, 0.5) is 0 Å². The molecule has 0 heterocycles. The Kier molecular flexibility index (Phi) is 4.00. The summed E-state index contributed by atoms with van der Waals surface area (Å²) in [5.41, 5.74) is 0. The zero-order chi connectivity index (χ0) is 7.28. The zero-order valence-electron chi connectivity index (χ0n) is 5.29. The molecular formula is C5H11NO3. The van der Waals surface area contributed by atoms with E-state index >= 15 is 0 Å². The minimum atomic E-state index is -1.01. The zero-order valence-corrected chi connectivity index (χ0v) is 5.29. The lowest BCUT2D eigenvalue weighted by atomic mass is 10.3. The molecular weight excluding hydrogens is 122 g/mol. The Morgan fingerprint density at radius 2 is 2.33 bits per heavy atom. The van der Waals surface area contributed by atoms with Gasteiger partial charge in [0.25, 0.3) is 0 Å². The Labute approximate surface area is 53.5 Å². The van der Waals surface area contributed by atoms with Crippen molar-refractivity contribution in [2.75, 3.05) is 13.2 Å². The van der Waals surface area contributed by atoms with Crippen LogP contribution in [0.3, 0.4) is 0 Å². The van der Waals surface area contributed by atoms with Gasteiger partial charge < -0.3 is 15.5 Å². The predicted molar refractivity (Wildman–Crippen MR) is 32.2 cm³/mol. The number of carboxylic acids is 1. The van der Waals surface area contributed by atoms with E-state index in [1.54, 1.807) is 6.92 Å². The number of hydrogen-bond donors (Lipinski definition) is 3. The lowest BCUT2D eigenvalue weighted by Crippen LogP contribution is -2.39. The van der Waals surface area contributed by atoms with Gasteiger partial charge in [-0.3, -0.25) is 4.79 Å². The first-order valence-electron chi connectivity index (χ1n) is 2.79. The van der Waals surface area contributed by atoms with E-state index in [9.17, 15) is 4.79 Å². The van der Waals surface area contributed by atoms with Gasteiger partial charge in [0.15, 0.2) is 0 Å². The maximum Gasteiger partial charge on any atom is 0.323 e. The number of aliphatic hydroxyl groups excluding tert-OH is 1. The van der Waals surface area contributed by atoms with Crippen molar-refractivity contribution in [2.45, 2.75) is 13.0 Å². The van der Waals surface area contributed by atoms with E-state index in [4.69, 9.17) is 10.2 Å². The summed E-state index contributed by atoms with van der Waals surface area (Å²) in [7, 11) is 0. The number of likely N-dealkylation sites (N-methyl/N-ethyl adjacent to an activating group) is 1. The van der Waals surface area contributed by atoms with Gasteiger partial charge in [0.05, 0.1) is 6.61 Å². The molecule has 0 aliphatic carbocycles. The molecule has 0 bridgehead atoms. The van der Waals surface area contributed by atoms with Crippen molar-refractivity contribution in [3.05, 3.63) is 0 Å². The lowest BCUT2D eigenvalue weighted by molar-refractivity contribution is -0.140. The molecule has 0 saturated heterocycles. The average molecular weight is 133 g/mol. The van der Waals surface area contributed by atoms with E-state index in [1.807, 2.05) is 0 Å². The fourth-order valence-electron chi connectivity index (χ4n) is 0.476. The molecule has 0 spiro atoms. The van der Waals surface area contributed by atoms with Gasteiger partial charge in [0.1, 0.15) is 6.04 Å². The molecule has 0 unspecified atom stereocenters. The van der Waals surface area contributed by atoms with E-state index in [0.29, 0.717) is 6.54 Å². The third kappa shape index (κ3) is 3.05. The second-order valence-electron chi connectivity index (χ2n) is 1.63. The van der Waals surface area contributed by atoms with Gasteiger partial charge in [-0.05, 0) is 6.54 Å². The van der Waals surface area contributed by atoms with Crippen LogP contribution in [0.15, 0.2) is 0 Å². The van der Waals surface area contributed by atoms with Crippen LogP contribution in [0.1, 0.15) is 6.92 Å². The summed E-state index contributed by atoms with van der Waals surface area (Å²) in [5, 5.41) is 19.2. The minimum Gasteiger partial charge on any atom is -0.480 e. The molecule has 0 rings (SSSR count). The van der Waals surface area contributed by atoms with E-state index in [-0.39, 0.29) is 6.61 Å². The highest BCUT2D eigenvalue weighted by molar-refractivity contribution is 5.73. The molecule has 0 aromatic carbocycles. The van der Waals surface area contributed by atoms with E-state index in [2.05, 4.69) is 5.32 Å². The monoisotopic (exact) mass is 133 g/mol. The SMILES string of the molecule is CCN[C@H](CO)C(=O)O. The number of carboxylic acid groups (broad SMARTS) is 1. The normalized spacial score (nSPS) is 13.1. The molecule has 0 radical (unpaired) electrons. The minimum absolute atomic E-state index is 0.358. The summed E-state index contributed by atoms with van der Waals surface area (Å²) in [4.78, 5) is 10.1.